The molecule has 0 saturated carbocycles. The van der Waals surface area contributed by atoms with Crippen LogP contribution in [-0.2, 0) is 0 Å². The maximum absolute atomic E-state index is 6.07. The molecule has 0 saturated heterocycles. The summed E-state index contributed by atoms with van der Waals surface area (Å²) in [5.74, 6) is 0.818. The molecule has 1 aromatic carbocycles. The van der Waals surface area contributed by atoms with Crippen LogP contribution in [0.1, 0.15) is 24.9 Å². The topological polar surface area (TPSA) is 35.2 Å². The minimum Gasteiger partial charge on any atom is -0.496 e. The predicted molar refractivity (Wildman–Crippen MR) is 67.1 cm³/mol. The van der Waals surface area contributed by atoms with Crippen LogP contribution in [0.4, 0.5) is 0 Å². The van der Waals surface area contributed by atoms with Crippen LogP contribution in [0.2, 0.25) is 0 Å². The zero-order valence-electron chi connectivity index (χ0n) is 9.09. The predicted octanol–water partition coefficient (Wildman–Crippen LogP) is 3.42. The van der Waals surface area contributed by atoms with Crippen LogP contribution < -0.4 is 10.5 Å². The van der Waals surface area contributed by atoms with Gasteiger partial charge in [-0.15, -0.1) is 6.58 Å². The number of benzene rings is 1. The summed E-state index contributed by atoms with van der Waals surface area (Å²) in [7, 11) is 1.65. The van der Waals surface area contributed by atoms with Crippen molar-refractivity contribution in [2.24, 2.45) is 5.73 Å². The number of rotatable bonds is 4. The normalized spacial score (nSPS) is 12.3. The number of ether oxygens (including phenoxy) is 1. The van der Waals surface area contributed by atoms with Gasteiger partial charge in [0.2, 0.25) is 0 Å². The molecule has 0 amide bonds. The van der Waals surface area contributed by atoms with Gasteiger partial charge in [-0.2, -0.15) is 0 Å². The second kappa shape index (κ2) is 5.33. The number of halogens is 1. The number of methoxy groups -OCH3 is 1. The summed E-state index contributed by atoms with van der Waals surface area (Å²) >= 11 is 3.40. The Hall–Kier alpha value is -0.800. The lowest BCUT2D eigenvalue weighted by Crippen LogP contribution is -2.11. The van der Waals surface area contributed by atoms with E-state index in [9.17, 15) is 0 Å². The van der Waals surface area contributed by atoms with Crippen LogP contribution in [-0.4, -0.2) is 7.11 Å². The SMILES string of the molecule is C=C(C)C[C@H](N)c1ccc(Br)cc1OC. The highest BCUT2D eigenvalue weighted by atomic mass is 79.9. The highest BCUT2D eigenvalue weighted by molar-refractivity contribution is 9.10. The van der Waals surface area contributed by atoms with Gasteiger partial charge in [0.25, 0.3) is 0 Å². The van der Waals surface area contributed by atoms with Crippen LogP contribution in [0, 0.1) is 0 Å². The fourth-order valence-corrected chi connectivity index (χ4v) is 1.82. The largest absolute Gasteiger partial charge is 0.496 e. The average Bonchev–Trinajstić information content (AvgIpc) is 2.16. The Kier molecular flexibility index (Phi) is 4.36. The van der Waals surface area contributed by atoms with Gasteiger partial charge >= 0.3 is 0 Å². The summed E-state index contributed by atoms with van der Waals surface area (Å²) in [5, 5.41) is 0. The molecular formula is C12H16BrNO. The standard InChI is InChI=1S/C12H16BrNO/c1-8(2)6-11(14)10-5-4-9(13)7-12(10)15-3/h4-5,7,11H,1,6,14H2,2-3H3/t11-/m0/s1. The molecule has 1 aromatic rings. The van der Waals surface area contributed by atoms with Crippen LogP contribution >= 0.6 is 15.9 Å². The Bertz CT molecular complexity index is 363. The molecule has 1 rings (SSSR count). The van der Waals surface area contributed by atoms with Crippen molar-refractivity contribution in [1.29, 1.82) is 0 Å². The Morgan fingerprint density at radius 2 is 2.27 bits per heavy atom. The van der Waals surface area contributed by atoms with E-state index in [4.69, 9.17) is 10.5 Å². The highest BCUT2D eigenvalue weighted by Gasteiger charge is 2.11. The first-order valence-corrected chi connectivity index (χ1v) is 5.57. The van der Waals surface area contributed by atoms with Gasteiger partial charge in [-0.3, -0.25) is 0 Å². The Labute approximate surface area is 99.3 Å². The molecule has 0 aliphatic rings. The van der Waals surface area contributed by atoms with Crippen LogP contribution in [0.25, 0.3) is 0 Å². The van der Waals surface area contributed by atoms with E-state index < -0.39 is 0 Å². The fraction of sp³-hybridized carbons (Fsp3) is 0.333. The lowest BCUT2D eigenvalue weighted by atomic mass is 10.0. The third kappa shape index (κ3) is 3.36. The van der Waals surface area contributed by atoms with E-state index in [1.807, 2.05) is 25.1 Å². The van der Waals surface area contributed by atoms with Gasteiger partial charge in [0.15, 0.2) is 0 Å². The number of hydrogen-bond acceptors (Lipinski definition) is 2. The summed E-state index contributed by atoms with van der Waals surface area (Å²) < 4.78 is 6.28. The van der Waals surface area contributed by atoms with Crippen molar-refractivity contribution in [3.63, 3.8) is 0 Å². The quantitative estimate of drug-likeness (QED) is 0.851. The van der Waals surface area contributed by atoms with Gasteiger partial charge in [0.1, 0.15) is 5.75 Å². The number of nitrogens with two attached hydrogens (primary N) is 1. The molecule has 0 aliphatic heterocycles. The van der Waals surface area contributed by atoms with Crippen LogP contribution in [0.5, 0.6) is 5.75 Å². The van der Waals surface area contributed by atoms with Crippen molar-refractivity contribution in [3.05, 3.63) is 40.4 Å². The van der Waals surface area contributed by atoms with Crippen molar-refractivity contribution < 1.29 is 4.74 Å². The summed E-state index contributed by atoms with van der Waals surface area (Å²) in [6.07, 6.45) is 0.776. The second-order valence-corrected chi connectivity index (χ2v) is 4.57. The maximum Gasteiger partial charge on any atom is 0.124 e. The van der Waals surface area contributed by atoms with Crippen LogP contribution in [0.3, 0.4) is 0 Å². The molecule has 1 atom stereocenters. The summed E-state index contributed by atoms with van der Waals surface area (Å²) in [4.78, 5) is 0. The fourth-order valence-electron chi connectivity index (χ4n) is 1.48. The molecule has 3 heteroatoms. The molecule has 82 valence electrons. The summed E-state index contributed by atoms with van der Waals surface area (Å²) in [5.41, 5.74) is 8.16. The minimum absolute atomic E-state index is 0.0504. The molecule has 0 heterocycles. The third-order valence-electron chi connectivity index (χ3n) is 2.16. The van der Waals surface area contributed by atoms with E-state index in [0.717, 1.165) is 27.8 Å². The highest BCUT2D eigenvalue weighted by Crippen LogP contribution is 2.29. The number of hydrogen-bond donors (Lipinski definition) is 1. The van der Waals surface area contributed by atoms with Gasteiger partial charge in [0.05, 0.1) is 7.11 Å². The average molecular weight is 270 g/mol. The van der Waals surface area contributed by atoms with Crippen molar-refractivity contribution in [2.45, 2.75) is 19.4 Å². The Balaban J connectivity index is 2.97. The first-order valence-electron chi connectivity index (χ1n) is 4.78. The molecule has 15 heavy (non-hydrogen) atoms. The zero-order valence-corrected chi connectivity index (χ0v) is 10.7. The van der Waals surface area contributed by atoms with Gasteiger partial charge in [-0.05, 0) is 25.5 Å². The van der Waals surface area contributed by atoms with E-state index in [1.165, 1.54) is 0 Å². The summed E-state index contributed by atoms with van der Waals surface area (Å²) in [6, 6.07) is 5.82. The van der Waals surface area contributed by atoms with E-state index in [1.54, 1.807) is 7.11 Å². The molecule has 0 aromatic heterocycles. The monoisotopic (exact) mass is 269 g/mol. The van der Waals surface area contributed by atoms with Crippen molar-refractivity contribution in [1.82, 2.24) is 0 Å². The minimum atomic E-state index is -0.0504. The van der Waals surface area contributed by atoms with Gasteiger partial charge in [-0.1, -0.05) is 27.6 Å². The molecule has 0 spiro atoms. The van der Waals surface area contributed by atoms with E-state index >= 15 is 0 Å². The molecule has 0 fully saturated rings. The maximum atomic E-state index is 6.07. The molecule has 0 unspecified atom stereocenters. The van der Waals surface area contributed by atoms with Gasteiger partial charge < -0.3 is 10.5 Å². The van der Waals surface area contributed by atoms with Crippen molar-refractivity contribution >= 4 is 15.9 Å². The first-order chi connectivity index (χ1) is 7.04. The van der Waals surface area contributed by atoms with E-state index in [0.29, 0.717) is 0 Å². The smallest absolute Gasteiger partial charge is 0.124 e. The molecule has 0 bridgehead atoms. The second-order valence-electron chi connectivity index (χ2n) is 3.65. The van der Waals surface area contributed by atoms with Gasteiger partial charge in [0, 0.05) is 16.1 Å². The zero-order chi connectivity index (χ0) is 11.4. The summed E-state index contributed by atoms with van der Waals surface area (Å²) in [6.45, 7) is 5.84. The Morgan fingerprint density at radius 3 is 2.80 bits per heavy atom. The molecule has 2 nitrogen and oxygen atoms in total. The van der Waals surface area contributed by atoms with Crippen molar-refractivity contribution in [2.75, 3.05) is 7.11 Å². The molecule has 2 N–H and O–H groups in total. The lowest BCUT2D eigenvalue weighted by molar-refractivity contribution is 0.405. The Morgan fingerprint density at radius 1 is 1.60 bits per heavy atom. The van der Waals surface area contributed by atoms with E-state index in [-0.39, 0.29) is 6.04 Å². The first kappa shape index (κ1) is 12.3. The third-order valence-corrected chi connectivity index (χ3v) is 2.66. The molecule has 0 aliphatic carbocycles. The van der Waals surface area contributed by atoms with Gasteiger partial charge in [-0.25, -0.2) is 0 Å². The van der Waals surface area contributed by atoms with Crippen LogP contribution in [0.15, 0.2) is 34.8 Å². The lowest BCUT2D eigenvalue weighted by Gasteiger charge is -2.15. The molecule has 0 radical (unpaired) electrons. The van der Waals surface area contributed by atoms with E-state index in [2.05, 4.69) is 22.5 Å². The molecular weight excluding hydrogens is 254 g/mol. The van der Waals surface area contributed by atoms with Crippen molar-refractivity contribution in [3.8, 4) is 5.75 Å².